The molecule has 0 atom stereocenters. The minimum absolute atomic E-state index is 0.637. The topological polar surface area (TPSA) is 18.5 Å². The zero-order chi connectivity index (χ0) is 5.54. The quantitative estimate of drug-likeness (QED) is 0.409. The van der Waals surface area contributed by atoms with E-state index >= 15 is 0 Å². The third kappa shape index (κ3) is 6.27. The SMILES string of the molecule is COC[CH]SOC. The minimum Gasteiger partial charge on any atom is -0.383 e. The summed E-state index contributed by atoms with van der Waals surface area (Å²) < 4.78 is 9.31. The molecule has 7 heavy (non-hydrogen) atoms. The summed E-state index contributed by atoms with van der Waals surface area (Å²) >= 11 is 1.28. The van der Waals surface area contributed by atoms with Crippen LogP contribution in [-0.4, -0.2) is 20.8 Å². The Balaban J connectivity index is 2.45. The number of hydrogen-bond donors (Lipinski definition) is 0. The first-order valence-electron chi connectivity index (χ1n) is 1.92. The summed E-state index contributed by atoms with van der Waals surface area (Å²) in [4.78, 5) is 0. The predicted octanol–water partition coefficient (Wildman–Crippen LogP) is 1.09. The first-order chi connectivity index (χ1) is 3.41. The van der Waals surface area contributed by atoms with Gasteiger partial charge in [-0.15, -0.1) is 0 Å². The second-order valence-electron chi connectivity index (χ2n) is 0.885. The van der Waals surface area contributed by atoms with Gasteiger partial charge in [0, 0.05) is 7.11 Å². The van der Waals surface area contributed by atoms with Crippen LogP contribution in [0.15, 0.2) is 0 Å². The Labute approximate surface area is 48.4 Å². The largest absolute Gasteiger partial charge is 0.383 e. The molecule has 0 heterocycles. The Morgan fingerprint density at radius 1 is 1.57 bits per heavy atom. The first-order valence-corrected chi connectivity index (χ1v) is 2.72. The summed E-state index contributed by atoms with van der Waals surface area (Å²) in [7, 11) is 3.27. The van der Waals surface area contributed by atoms with Crippen LogP contribution in [0.3, 0.4) is 0 Å². The van der Waals surface area contributed by atoms with E-state index in [4.69, 9.17) is 0 Å². The van der Waals surface area contributed by atoms with Crippen LogP contribution >= 0.6 is 12.0 Å². The lowest BCUT2D eigenvalue weighted by molar-refractivity contribution is 0.229. The summed E-state index contributed by atoms with van der Waals surface area (Å²) in [6.45, 7) is 0.637. The highest BCUT2D eigenvalue weighted by Crippen LogP contribution is 2.02. The highest BCUT2D eigenvalue weighted by atomic mass is 32.2. The Morgan fingerprint density at radius 3 is 2.71 bits per heavy atom. The van der Waals surface area contributed by atoms with Crippen molar-refractivity contribution < 1.29 is 8.92 Å². The van der Waals surface area contributed by atoms with Crippen LogP contribution in [0.2, 0.25) is 0 Å². The van der Waals surface area contributed by atoms with Gasteiger partial charge >= 0.3 is 0 Å². The monoisotopic (exact) mass is 121 g/mol. The molecule has 0 aliphatic heterocycles. The van der Waals surface area contributed by atoms with Crippen molar-refractivity contribution in [1.29, 1.82) is 0 Å². The predicted molar refractivity (Wildman–Crippen MR) is 30.8 cm³/mol. The Bertz CT molecular complexity index is 28.9. The molecule has 0 aromatic rings. The molecule has 0 unspecified atom stereocenters. The third-order valence-corrected chi connectivity index (χ3v) is 0.864. The highest BCUT2D eigenvalue weighted by Gasteiger charge is 1.81. The zero-order valence-electron chi connectivity index (χ0n) is 4.51. The molecule has 0 rings (SSSR count). The van der Waals surface area contributed by atoms with E-state index in [0.717, 1.165) is 0 Å². The summed E-state index contributed by atoms with van der Waals surface area (Å²) in [5.74, 6) is 1.83. The molecule has 0 aliphatic carbocycles. The fourth-order valence-electron chi connectivity index (χ4n) is 0.164. The van der Waals surface area contributed by atoms with Crippen molar-refractivity contribution >= 4 is 12.0 Å². The van der Waals surface area contributed by atoms with E-state index in [-0.39, 0.29) is 0 Å². The molecule has 0 fully saturated rings. The van der Waals surface area contributed by atoms with Crippen LogP contribution in [0.25, 0.3) is 0 Å². The lowest BCUT2D eigenvalue weighted by atomic mass is 10.9. The molecule has 0 saturated carbocycles. The van der Waals surface area contributed by atoms with E-state index in [0.29, 0.717) is 6.61 Å². The summed E-state index contributed by atoms with van der Waals surface area (Å²) in [6.07, 6.45) is 0. The molecule has 0 bridgehead atoms. The molecule has 0 saturated heterocycles. The average molecular weight is 121 g/mol. The van der Waals surface area contributed by atoms with Crippen molar-refractivity contribution in [2.24, 2.45) is 0 Å². The smallest absolute Gasteiger partial charge is 0.0708 e. The second kappa shape index (κ2) is 6.27. The maximum Gasteiger partial charge on any atom is 0.0708 e. The molecular weight excluding hydrogens is 112 g/mol. The fraction of sp³-hybridized carbons (Fsp3) is 0.750. The van der Waals surface area contributed by atoms with Gasteiger partial charge in [-0.2, -0.15) is 0 Å². The molecule has 0 aromatic heterocycles. The molecule has 0 amide bonds. The van der Waals surface area contributed by atoms with E-state index in [1.165, 1.54) is 12.0 Å². The molecule has 2 nitrogen and oxygen atoms in total. The Hall–Kier alpha value is 0.270. The third-order valence-electron chi connectivity index (χ3n) is 0.399. The van der Waals surface area contributed by atoms with Gasteiger partial charge < -0.3 is 8.92 Å². The van der Waals surface area contributed by atoms with Crippen LogP contribution in [0.1, 0.15) is 0 Å². The number of rotatable bonds is 4. The summed E-state index contributed by atoms with van der Waals surface area (Å²) in [5, 5.41) is 0. The lowest BCUT2D eigenvalue weighted by Gasteiger charge is -1.92. The van der Waals surface area contributed by atoms with Gasteiger partial charge in [0.2, 0.25) is 0 Å². The van der Waals surface area contributed by atoms with Crippen LogP contribution in [0.4, 0.5) is 0 Å². The maximum absolute atomic E-state index is 4.69. The van der Waals surface area contributed by atoms with E-state index in [2.05, 4.69) is 8.92 Å². The molecule has 0 N–H and O–H groups in total. The van der Waals surface area contributed by atoms with Gasteiger partial charge in [0.05, 0.1) is 19.5 Å². The second-order valence-corrected chi connectivity index (χ2v) is 1.74. The molecule has 43 valence electrons. The van der Waals surface area contributed by atoms with E-state index in [9.17, 15) is 0 Å². The summed E-state index contributed by atoms with van der Waals surface area (Å²) in [6, 6.07) is 0. The molecule has 0 aromatic carbocycles. The van der Waals surface area contributed by atoms with Crippen LogP contribution in [0.5, 0.6) is 0 Å². The van der Waals surface area contributed by atoms with E-state index < -0.39 is 0 Å². The van der Waals surface area contributed by atoms with Crippen molar-refractivity contribution in [3.05, 3.63) is 5.75 Å². The van der Waals surface area contributed by atoms with Gasteiger partial charge in [-0.1, -0.05) is 0 Å². The lowest BCUT2D eigenvalue weighted by Crippen LogP contribution is -1.84. The minimum atomic E-state index is 0.637. The van der Waals surface area contributed by atoms with E-state index in [1.807, 2.05) is 5.75 Å². The first kappa shape index (κ1) is 7.27. The van der Waals surface area contributed by atoms with Crippen molar-refractivity contribution in [2.75, 3.05) is 20.8 Å². The van der Waals surface area contributed by atoms with Gasteiger partial charge in [-0.25, -0.2) is 0 Å². The molecule has 0 aliphatic rings. The molecule has 3 heteroatoms. The maximum atomic E-state index is 4.69. The average Bonchev–Trinajstić information content (AvgIpc) is 1.69. The van der Waals surface area contributed by atoms with Gasteiger partial charge in [0.25, 0.3) is 0 Å². The fourth-order valence-corrected chi connectivity index (χ4v) is 0.492. The summed E-state index contributed by atoms with van der Waals surface area (Å²) in [5.41, 5.74) is 0. The molecule has 1 radical (unpaired) electrons. The van der Waals surface area contributed by atoms with Gasteiger partial charge in [-0.05, 0) is 12.0 Å². The highest BCUT2D eigenvalue weighted by molar-refractivity contribution is 7.96. The number of methoxy groups -OCH3 is 1. The number of ether oxygens (including phenoxy) is 1. The van der Waals surface area contributed by atoms with Gasteiger partial charge in [0.1, 0.15) is 0 Å². The van der Waals surface area contributed by atoms with Gasteiger partial charge in [-0.3, -0.25) is 0 Å². The molecular formula is C4H9O2S. The standard InChI is InChI=1S/C4H9O2S/c1-5-3-4-7-6-2/h4H,3H2,1-2H3. The molecule has 0 spiro atoms. The van der Waals surface area contributed by atoms with Crippen molar-refractivity contribution in [3.8, 4) is 0 Å². The van der Waals surface area contributed by atoms with Crippen LogP contribution < -0.4 is 0 Å². The zero-order valence-corrected chi connectivity index (χ0v) is 5.33. The van der Waals surface area contributed by atoms with Crippen molar-refractivity contribution in [1.82, 2.24) is 0 Å². The van der Waals surface area contributed by atoms with Crippen LogP contribution in [-0.2, 0) is 8.92 Å². The van der Waals surface area contributed by atoms with Crippen molar-refractivity contribution in [3.63, 3.8) is 0 Å². The normalized spacial score (nSPS) is 9.43. The number of hydrogen-bond acceptors (Lipinski definition) is 3. The van der Waals surface area contributed by atoms with Gasteiger partial charge in [0.15, 0.2) is 0 Å². The Kier molecular flexibility index (Phi) is 6.51. The Morgan fingerprint density at radius 2 is 2.29 bits per heavy atom. The van der Waals surface area contributed by atoms with Crippen LogP contribution in [0, 0.1) is 5.75 Å². The van der Waals surface area contributed by atoms with Crippen molar-refractivity contribution in [2.45, 2.75) is 0 Å². The van der Waals surface area contributed by atoms with E-state index in [1.54, 1.807) is 14.2 Å².